The maximum Gasteiger partial charge on any atom is 0.205 e. The minimum Gasteiger partial charge on any atom is -0.227 e. The van der Waals surface area contributed by atoms with Crippen LogP contribution >= 0.6 is 0 Å². The van der Waals surface area contributed by atoms with Crippen LogP contribution in [-0.2, 0) is 0 Å². The molecule has 0 spiro atoms. The van der Waals surface area contributed by atoms with E-state index < -0.39 is 11.6 Å². The van der Waals surface area contributed by atoms with Gasteiger partial charge in [-0.15, -0.1) is 5.11 Å². The van der Waals surface area contributed by atoms with Crippen LogP contribution in [0.3, 0.4) is 0 Å². The molecule has 26 heavy (non-hydrogen) atoms. The van der Waals surface area contributed by atoms with Crippen molar-refractivity contribution in [3.8, 4) is 11.8 Å². The number of benzene rings is 2. The van der Waals surface area contributed by atoms with Gasteiger partial charge >= 0.3 is 0 Å². The molecule has 1 heterocycles. The number of hydrogen-bond acceptors (Lipinski definition) is 4. The van der Waals surface area contributed by atoms with Crippen molar-refractivity contribution >= 4 is 11.4 Å². The van der Waals surface area contributed by atoms with Crippen LogP contribution in [0.15, 0.2) is 59.0 Å². The van der Waals surface area contributed by atoms with Gasteiger partial charge in [-0.05, 0) is 49.6 Å². The van der Waals surface area contributed by atoms with Crippen molar-refractivity contribution in [2.45, 2.75) is 13.8 Å². The fourth-order valence-corrected chi connectivity index (χ4v) is 2.10. The number of aryl methyl sites for hydroxylation is 2. The minimum absolute atomic E-state index is 0.138. The van der Waals surface area contributed by atoms with Crippen LogP contribution in [0.1, 0.15) is 22.5 Å². The van der Waals surface area contributed by atoms with Gasteiger partial charge in [-0.2, -0.15) is 5.11 Å². The van der Waals surface area contributed by atoms with Crippen LogP contribution in [0.25, 0.3) is 0 Å². The molecule has 0 atom stereocenters. The molecule has 0 aliphatic rings. The zero-order valence-corrected chi connectivity index (χ0v) is 14.2. The van der Waals surface area contributed by atoms with Crippen molar-refractivity contribution in [3.63, 3.8) is 0 Å². The third-order valence-electron chi connectivity index (χ3n) is 3.44. The van der Waals surface area contributed by atoms with Crippen LogP contribution in [0.5, 0.6) is 0 Å². The Morgan fingerprint density at radius 1 is 0.769 bits per heavy atom. The molecule has 3 aromatic rings. The van der Waals surface area contributed by atoms with Gasteiger partial charge in [0.25, 0.3) is 0 Å². The third-order valence-corrected chi connectivity index (χ3v) is 3.44. The van der Waals surface area contributed by atoms with Gasteiger partial charge in [0.1, 0.15) is 17.3 Å². The monoisotopic (exact) mass is 348 g/mol. The van der Waals surface area contributed by atoms with E-state index in [2.05, 4.69) is 32.0 Å². The van der Waals surface area contributed by atoms with Crippen LogP contribution in [0.2, 0.25) is 0 Å². The summed E-state index contributed by atoms with van der Waals surface area (Å²) in [6.45, 7) is 3.60. The summed E-state index contributed by atoms with van der Waals surface area (Å²) >= 11 is 0. The lowest BCUT2D eigenvalue weighted by molar-refractivity contribution is 0.575. The molecule has 1 aromatic heterocycles. The fraction of sp³-hybridized carbons (Fsp3) is 0.100. The fourth-order valence-electron chi connectivity index (χ4n) is 2.10. The Bertz CT molecular complexity index is 991. The summed E-state index contributed by atoms with van der Waals surface area (Å²) in [7, 11) is 0. The first-order valence-electron chi connectivity index (χ1n) is 7.79. The molecule has 128 valence electrons. The quantitative estimate of drug-likeness (QED) is 0.473. The number of azo groups is 1. The van der Waals surface area contributed by atoms with E-state index in [9.17, 15) is 8.78 Å². The lowest BCUT2D eigenvalue weighted by Crippen LogP contribution is -1.92. The van der Waals surface area contributed by atoms with Gasteiger partial charge in [-0.25, -0.2) is 18.7 Å². The molecule has 0 saturated carbocycles. The average molecular weight is 348 g/mol. The van der Waals surface area contributed by atoms with E-state index in [4.69, 9.17) is 0 Å². The molecule has 4 nitrogen and oxygen atoms in total. The number of nitrogens with zero attached hydrogens (tertiary/aromatic N) is 4. The first-order valence-corrected chi connectivity index (χ1v) is 7.79. The van der Waals surface area contributed by atoms with Gasteiger partial charge in [0.2, 0.25) is 5.82 Å². The largest absolute Gasteiger partial charge is 0.227 e. The van der Waals surface area contributed by atoms with Crippen molar-refractivity contribution < 1.29 is 8.78 Å². The van der Waals surface area contributed by atoms with E-state index in [1.54, 1.807) is 6.92 Å². The summed E-state index contributed by atoms with van der Waals surface area (Å²) in [5, 5.41) is 8.12. The lowest BCUT2D eigenvalue weighted by Gasteiger charge is -1.98. The smallest absolute Gasteiger partial charge is 0.205 e. The van der Waals surface area contributed by atoms with Crippen molar-refractivity contribution in [1.82, 2.24) is 9.97 Å². The Morgan fingerprint density at radius 3 is 1.96 bits per heavy atom. The van der Waals surface area contributed by atoms with E-state index in [0.717, 1.165) is 5.56 Å². The number of hydrogen-bond donors (Lipinski definition) is 0. The Kier molecular flexibility index (Phi) is 5.09. The molecule has 6 heteroatoms. The topological polar surface area (TPSA) is 50.5 Å². The van der Waals surface area contributed by atoms with E-state index in [0.29, 0.717) is 16.9 Å². The Labute approximate surface area is 149 Å². The maximum atomic E-state index is 13.8. The zero-order chi connectivity index (χ0) is 18.5. The Balaban J connectivity index is 1.76. The highest BCUT2D eigenvalue weighted by Crippen LogP contribution is 2.17. The highest BCUT2D eigenvalue weighted by Gasteiger charge is 2.07. The van der Waals surface area contributed by atoms with Gasteiger partial charge < -0.3 is 0 Å². The van der Waals surface area contributed by atoms with Crippen LogP contribution in [0, 0.1) is 37.3 Å². The predicted octanol–water partition coefficient (Wildman–Crippen LogP) is 5.19. The van der Waals surface area contributed by atoms with Gasteiger partial charge in [0, 0.05) is 0 Å². The minimum atomic E-state index is -0.710. The normalized spacial score (nSPS) is 10.6. The predicted molar refractivity (Wildman–Crippen MR) is 94.5 cm³/mol. The molecule has 2 aromatic carbocycles. The summed E-state index contributed by atoms with van der Waals surface area (Å²) in [6, 6.07) is 10.0. The highest BCUT2D eigenvalue weighted by atomic mass is 19.1. The molecule has 0 fully saturated rings. The zero-order valence-electron chi connectivity index (χ0n) is 14.2. The van der Waals surface area contributed by atoms with Crippen LogP contribution in [0.4, 0.5) is 20.2 Å². The van der Waals surface area contributed by atoms with Gasteiger partial charge in [0.05, 0.1) is 23.6 Å². The first-order chi connectivity index (χ1) is 12.5. The molecule has 3 rings (SSSR count). The summed E-state index contributed by atoms with van der Waals surface area (Å²) in [6.07, 6.45) is 2.88. The van der Waals surface area contributed by atoms with E-state index in [-0.39, 0.29) is 11.4 Å². The second-order valence-electron chi connectivity index (χ2n) is 5.65. The van der Waals surface area contributed by atoms with Crippen molar-refractivity contribution in [2.24, 2.45) is 10.2 Å². The summed E-state index contributed by atoms with van der Waals surface area (Å²) in [4.78, 5) is 8.03. The summed E-state index contributed by atoms with van der Waals surface area (Å²) < 4.78 is 27.5. The third kappa shape index (κ3) is 4.33. The molecule has 0 N–H and O–H groups in total. The summed E-state index contributed by atoms with van der Waals surface area (Å²) in [5.41, 5.74) is 2.48. The molecule has 0 unspecified atom stereocenters. The first kappa shape index (κ1) is 17.4. The molecule has 0 amide bonds. The molecule has 0 aliphatic heterocycles. The molecule has 0 saturated heterocycles. The van der Waals surface area contributed by atoms with E-state index in [1.165, 1.54) is 24.5 Å². The molecule has 0 radical (unpaired) electrons. The van der Waals surface area contributed by atoms with Gasteiger partial charge in [0.15, 0.2) is 0 Å². The van der Waals surface area contributed by atoms with E-state index in [1.807, 2.05) is 31.2 Å². The Hall–Kier alpha value is -3.46. The maximum absolute atomic E-state index is 13.8. The number of aromatic nitrogens is 2. The summed E-state index contributed by atoms with van der Waals surface area (Å²) in [5.74, 6) is 3.69. The Morgan fingerprint density at radius 2 is 1.35 bits per heavy atom. The standard InChI is InChI=1S/C20H14F2N4/c1-13-3-5-15(6-4-13)25-26-16-11-23-20(24-12-16)8-7-17-18(21)9-14(2)10-19(17)22/h3-6,9-12H,1-2H3. The van der Waals surface area contributed by atoms with Crippen molar-refractivity contribution in [3.05, 3.63) is 82.9 Å². The van der Waals surface area contributed by atoms with Crippen molar-refractivity contribution in [1.29, 1.82) is 0 Å². The van der Waals surface area contributed by atoms with E-state index >= 15 is 0 Å². The second kappa shape index (κ2) is 7.62. The molecular formula is C20H14F2N4. The van der Waals surface area contributed by atoms with Crippen LogP contribution in [-0.4, -0.2) is 9.97 Å². The lowest BCUT2D eigenvalue weighted by atomic mass is 10.1. The number of rotatable bonds is 2. The van der Waals surface area contributed by atoms with Gasteiger partial charge in [-0.1, -0.05) is 23.6 Å². The highest BCUT2D eigenvalue weighted by molar-refractivity contribution is 5.43. The molecule has 0 aliphatic carbocycles. The number of halogens is 2. The van der Waals surface area contributed by atoms with Crippen LogP contribution < -0.4 is 0 Å². The van der Waals surface area contributed by atoms with Gasteiger partial charge in [-0.3, -0.25) is 0 Å². The molecular weight excluding hydrogens is 334 g/mol. The second-order valence-corrected chi connectivity index (χ2v) is 5.65. The SMILES string of the molecule is Cc1ccc(N=Nc2cnc(C#Cc3c(F)cc(C)cc3F)nc2)cc1. The van der Waals surface area contributed by atoms with Crippen molar-refractivity contribution in [2.75, 3.05) is 0 Å². The average Bonchev–Trinajstić information content (AvgIpc) is 2.61. The molecule has 0 bridgehead atoms.